The van der Waals surface area contributed by atoms with Gasteiger partial charge in [0.1, 0.15) is 55.9 Å². The molecular weight excluding hydrogens is 1480 g/mol. The van der Waals surface area contributed by atoms with E-state index >= 15 is 0 Å². The van der Waals surface area contributed by atoms with Crippen LogP contribution in [0.1, 0.15) is 61.2 Å². The number of para-hydroxylation sites is 1. The summed E-state index contributed by atoms with van der Waals surface area (Å²) in [5.74, 6) is 0. The molecule has 0 unspecified atom stereocenters. The Morgan fingerprint density at radius 1 is 0.353 bits per heavy atom. The molecule has 24 nitrogen and oxygen atoms in total. The number of nitrogens with zero attached hydrogens (tertiary/aromatic N) is 22. The van der Waals surface area contributed by atoms with E-state index in [0.717, 1.165) is 129 Å². The summed E-state index contributed by atoms with van der Waals surface area (Å²) < 4.78 is 33.0. The summed E-state index contributed by atoms with van der Waals surface area (Å²) in [6, 6.07) is 50.5. The molecule has 0 bridgehead atoms. The number of rotatable bonds is 0. The molecule has 10 aromatic carbocycles. The molecule has 0 N–H and O–H groups in total. The van der Waals surface area contributed by atoms with Crippen LogP contribution in [-0.4, -0.2) is 33.4 Å². The Kier molecular flexibility index (Phi) is 15.9. The summed E-state index contributed by atoms with van der Waals surface area (Å²) in [5.41, 5.74) is 30.1. The van der Waals surface area contributed by atoms with E-state index in [1.807, 2.05) is 118 Å². The van der Waals surface area contributed by atoms with Gasteiger partial charge in [-0.2, -0.15) is 5.26 Å². The van der Waals surface area contributed by atoms with Gasteiger partial charge < -0.3 is 8.83 Å². The number of aryl methyl sites for hydroxylation is 4. The molecule has 0 amide bonds. The third-order valence-corrected chi connectivity index (χ3v) is 23.1. The van der Waals surface area contributed by atoms with E-state index in [-0.39, 0.29) is 0 Å². The molecule has 24 heteroatoms. The number of fused-ring (bicyclic) bond motifs is 32. The molecule has 9 aromatic heterocycles. The van der Waals surface area contributed by atoms with Gasteiger partial charge >= 0.3 is 0 Å². The number of aromatic nitrogens is 12. The number of nitriles is 1. The van der Waals surface area contributed by atoms with E-state index in [1.165, 1.54) is 61.4 Å². The zero-order valence-corrected chi connectivity index (χ0v) is 64.2. The normalized spacial score (nSPS) is 12.0. The van der Waals surface area contributed by atoms with E-state index in [2.05, 4.69) is 169 Å². The summed E-state index contributed by atoms with van der Waals surface area (Å²) in [7, 11) is 0. The first kappa shape index (κ1) is 70.5. The summed E-state index contributed by atoms with van der Waals surface area (Å²) in [6.07, 6.45) is 13.5. The van der Waals surface area contributed by atoms with Gasteiger partial charge in [-0.05, 0) is 159 Å². The highest BCUT2D eigenvalue weighted by molar-refractivity contribution is 6.09. The molecule has 0 aliphatic carbocycles. The lowest BCUT2D eigenvalue weighted by atomic mass is 9.98. The van der Waals surface area contributed by atoms with Crippen molar-refractivity contribution in [2.75, 3.05) is 0 Å². The van der Waals surface area contributed by atoms with Crippen LogP contribution in [0.4, 0.5) is 51.2 Å². The molecule has 0 atom stereocenters. The van der Waals surface area contributed by atoms with Crippen molar-refractivity contribution < 1.29 is 32.2 Å². The van der Waals surface area contributed by atoms with Gasteiger partial charge in [0.2, 0.25) is 70.8 Å². The summed E-state index contributed by atoms with van der Waals surface area (Å²) in [6.45, 7) is 80.9. The van der Waals surface area contributed by atoms with Crippen LogP contribution in [-0.2, 0) is 32.7 Å². The second kappa shape index (κ2) is 26.8. The average molecular weight is 1540 g/mol. The van der Waals surface area contributed by atoms with Gasteiger partial charge in [-0.1, -0.05) is 48.5 Å². The predicted octanol–water partition coefficient (Wildman–Crippen LogP) is 20.4. The predicted molar refractivity (Wildman–Crippen MR) is 448 cm³/mol. The molecule has 0 saturated carbocycles. The highest BCUT2D eigenvalue weighted by Crippen LogP contribution is 2.45. The van der Waals surface area contributed by atoms with Crippen LogP contribution in [0.3, 0.4) is 0 Å². The van der Waals surface area contributed by atoms with Crippen LogP contribution >= 0.6 is 0 Å². The minimum absolute atomic E-state index is 0.469. The largest absolute Gasteiger partial charge is 0.438 e. The van der Waals surface area contributed by atoms with Crippen molar-refractivity contribution in [3.63, 3.8) is 0 Å². The quantitative estimate of drug-likeness (QED) is 0.109. The third kappa shape index (κ3) is 10.6. The fraction of sp³-hybridized carbons (Fsp3) is 0.105. The SMILES string of the molecule is [C-]#[N+]c1cc([N+]#[C-])c2c(c1)c[n+]1n2-c2c(C)cc(C)c(C)c2C1.[C-]#[N+]c1cc([N+]#[C-])c2c(c1)c[n+]1n2-c2c(C)ccc(C)c2C1.[C-]#[N+]c1cc([N+]#[C-])c2c(c1)c[n+]1n2-c2c(ccc3c2oc2ncccc23)C1.[C-]#[N+]c1cc([N+]#[C-])c2c(c1)c[n+]1n2-c2cc3oc4ncccc4c3cc2C1.[C-]#[N+]c1ccc(C#N)c2c[n+]3n(c12)-c1ccccc1C3. The molecular formula is C95H57N22O2+5. The second-order valence-electron chi connectivity index (χ2n) is 29.8. The first-order chi connectivity index (χ1) is 58.1. The number of benzene rings is 10. The van der Waals surface area contributed by atoms with Crippen LogP contribution in [0.5, 0.6) is 0 Å². The Bertz CT molecular complexity index is 8380. The Morgan fingerprint density at radius 2 is 0.832 bits per heavy atom. The van der Waals surface area contributed by atoms with Gasteiger partial charge in [0.05, 0.1) is 92.9 Å². The van der Waals surface area contributed by atoms with E-state index in [9.17, 15) is 5.26 Å². The molecule has 24 rings (SSSR count). The number of pyridine rings is 2. The molecule has 0 saturated heterocycles. The van der Waals surface area contributed by atoms with Crippen LogP contribution in [0.25, 0.3) is 171 Å². The lowest BCUT2D eigenvalue weighted by Gasteiger charge is -2.09. The zero-order valence-electron chi connectivity index (χ0n) is 64.2. The van der Waals surface area contributed by atoms with Crippen molar-refractivity contribution in [2.24, 2.45) is 0 Å². The van der Waals surface area contributed by atoms with Crippen molar-refractivity contribution in [3.8, 4) is 34.5 Å². The van der Waals surface area contributed by atoms with E-state index in [4.69, 9.17) is 68.0 Å². The zero-order chi connectivity index (χ0) is 81.7. The molecule has 5 aliphatic rings. The average Bonchev–Trinajstić information content (AvgIpc) is 1.87. The Labute approximate surface area is 677 Å². The summed E-state index contributed by atoms with van der Waals surface area (Å²) >= 11 is 0. The van der Waals surface area contributed by atoms with Gasteiger partial charge in [-0.15, -0.1) is 46.8 Å². The van der Waals surface area contributed by atoms with Gasteiger partial charge in [-0.3, -0.25) is 0 Å². The summed E-state index contributed by atoms with van der Waals surface area (Å²) in [5, 5.41) is 17.8. The van der Waals surface area contributed by atoms with E-state index in [0.29, 0.717) is 81.3 Å². The highest BCUT2D eigenvalue weighted by atomic mass is 16.3. The first-order valence-corrected chi connectivity index (χ1v) is 37.7. The highest BCUT2D eigenvalue weighted by Gasteiger charge is 2.38. The molecule has 14 heterocycles. The van der Waals surface area contributed by atoms with Crippen molar-refractivity contribution in [1.29, 1.82) is 5.26 Å². The number of hydrogen-bond donors (Lipinski definition) is 0. The maximum absolute atomic E-state index is 9.24. The van der Waals surface area contributed by atoms with Gasteiger partial charge in [0, 0.05) is 72.7 Å². The summed E-state index contributed by atoms with van der Waals surface area (Å²) in [4.78, 5) is 40.9. The van der Waals surface area contributed by atoms with E-state index < -0.39 is 0 Å². The van der Waals surface area contributed by atoms with Crippen LogP contribution in [0.2, 0.25) is 0 Å². The molecule has 0 fully saturated rings. The monoisotopic (exact) mass is 1540 g/mol. The van der Waals surface area contributed by atoms with Crippen molar-refractivity contribution in [3.05, 3.63) is 359 Å². The Morgan fingerprint density at radius 3 is 1.40 bits per heavy atom. The third-order valence-electron chi connectivity index (χ3n) is 23.1. The van der Waals surface area contributed by atoms with Crippen molar-refractivity contribution in [2.45, 2.75) is 67.3 Å². The van der Waals surface area contributed by atoms with Crippen LogP contribution < -0.4 is 23.4 Å². The van der Waals surface area contributed by atoms with Crippen molar-refractivity contribution >= 4 is 150 Å². The van der Waals surface area contributed by atoms with Gasteiger partial charge in [0.25, 0.3) is 0 Å². The molecule has 0 radical (unpaired) electrons. The fourth-order valence-electron chi connectivity index (χ4n) is 17.9. The van der Waals surface area contributed by atoms with Gasteiger partial charge in [0.15, 0.2) is 66.7 Å². The number of furan rings is 2. The minimum atomic E-state index is 0.469. The standard InChI is InChI=1S/2C21H10N5O.C19H15N4.C18H13N4.C16H9N4/c1-22-14-8-13-11-25-10-12-5-6-15-16-4-3-7-24-21(16)27-20(15)19(12)26(25)18(13)17(9-14)23-2;1-22-14-6-13-11-25-10-12-7-16-15-4-3-5-24-21(15)27-19(16)9-18(12)26(25)20(13)17(8-14)23-2;1-11-6-12(2)18-16(13(11)3)10-22-9-14-7-15(20-4)8-17(21-5)19(14)23(18)22;1-11-5-6-12(2)17-15(11)10-21-9-13-7-14(19-3)8-16(20-4)18(13)22(17)21;1-18-14-7-6-11(8-17)13-10-19-9-12-4-2-3-5-15(12)20(19)16(13)14/h2*3-9,11H,10H2;6-9H,10H2,1-3H3;5-9H,10H2,1-2H3;2-7,10H,9H2/q5*+1. The molecule has 19 aromatic rings. The minimum Gasteiger partial charge on any atom is -0.438 e. The smallest absolute Gasteiger partial charge is 0.227 e. The van der Waals surface area contributed by atoms with Gasteiger partial charge in [-0.25, -0.2) is 53.6 Å². The first-order valence-electron chi connectivity index (χ1n) is 37.7. The van der Waals surface area contributed by atoms with Crippen LogP contribution in [0.15, 0.2) is 204 Å². The fourth-order valence-corrected chi connectivity index (χ4v) is 17.9. The maximum atomic E-state index is 9.24. The topological polar surface area (TPSA) is 159 Å². The molecule has 554 valence electrons. The van der Waals surface area contributed by atoms with E-state index in [1.54, 1.807) is 48.8 Å². The lowest BCUT2D eigenvalue weighted by molar-refractivity contribution is -0.749. The second-order valence-corrected chi connectivity index (χ2v) is 29.8. The number of hydrogen-bond acceptors (Lipinski definition) is 5. The molecule has 0 spiro atoms. The molecule has 5 aliphatic heterocycles. The molecule has 119 heavy (non-hydrogen) atoms. The van der Waals surface area contributed by atoms with Crippen LogP contribution in [0, 0.1) is 105 Å². The van der Waals surface area contributed by atoms with Crippen molar-refractivity contribution in [1.82, 2.24) is 33.4 Å². The Balaban J connectivity index is 0.0000000957. The lowest BCUT2D eigenvalue weighted by Crippen LogP contribution is -2.36. The maximum Gasteiger partial charge on any atom is 0.227 e. The Hall–Kier alpha value is -17.7.